The lowest BCUT2D eigenvalue weighted by molar-refractivity contribution is 0.0748. The van der Waals surface area contributed by atoms with E-state index in [1.54, 1.807) is 35.4 Å². The lowest BCUT2D eigenvalue weighted by Crippen LogP contribution is -2.56. The summed E-state index contributed by atoms with van der Waals surface area (Å²) in [6.07, 6.45) is 7.27. The summed E-state index contributed by atoms with van der Waals surface area (Å²) >= 11 is 0. The zero-order valence-electron chi connectivity index (χ0n) is 40.8. The van der Waals surface area contributed by atoms with E-state index < -0.39 is 11.6 Å². The van der Waals surface area contributed by atoms with E-state index in [9.17, 15) is 15.0 Å². The maximum atomic E-state index is 17.1. The van der Waals surface area contributed by atoms with Gasteiger partial charge in [-0.25, -0.2) is 8.78 Å². The Hall–Kier alpha value is -6.00. The summed E-state index contributed by atoms with van der Waals surface area (Å²) in [6, 6.07) is 21.0. The van der Waals surface area contributed by atoms with Crippen LogP contribution >= 0.6 is 0 Å². The number of anilines is 1. The van der Waals surface area contributed by atoms with Crippen LogP contribution < -0.4 is 15.0 Å². The third-order valence-corrected chi connectivity index (χ3v) is 16.7. The highest BCUT2D eigenvalue weighted by molar-refractivity contribution is 6.00. The van der Waals surface area contributed by atoms with Gasteiger partial charge in [-0.15, -0.1) is 0 Å². The van der Waals surface area contributed by atoms with Crippen LogP contribution in [0.3, 0.4) is 0 Å². The number of fused-ring (bicyclic) bond motifs is 6. The van der Waals surface area contributed by atoms with Gasteiger partial charge in [-0.2, -0.15) is 9.97 Å². The molecule has 5 fully saturated rings. The minimum absolute atomic E-state index is 0.000237. The molecule has 2 aromatic heterocycles. The lowest BCUT2D eigenvalue weighted by atomic mass is 9.98. The summed E-state index contributed by atoms with van der Waals surface area (Å²) < 4.78 is 38.9. The topological polar surface area (TPSA) is 134 Å². The fraction of sp³-hybridized carbons (Fsp3) is 0.464. The van der Waals surface area contributed by atoms with Crippen LogP contribution in [0, 0.1) is 23.5 Å². The molecule has 1 amide bonds. The van der Waals surface area contributed by atoms with E-state index in [1.165, 1.54) is 24.1 Å². The second kappa shape index (κ2) is 18.6. The van der Waals surface area contributed by atoms with Gasteiger partial charge >= 0.3 is 6.01 Å². The Bertz CT molecular complexity index is 3010. The average Bonchev–Trinajstić information content (AvgIpc) is 3.80. The largest absolute Gasteiger partial charge is 0.508 e. The fourth-order valence-electron chi connectivity index (χ4n) is 12.6. The molecular weight excluding hydrogens is 901 g/mol. The summed E-state index contributed by atoms with van der Waals surface area (Å²) in [5.74, 6) is 0.737. The van der Waals surface area contributed by atoms with Crippen LogP contribution in [-0.2, 0) is 19.6 Å². The number of phenols is 2. The highest BCUT2D eigenvalue weighted by Crippen LogP contribution is 2.48. The van der Waals surface area contributed by atoms with E-state index in [2.05, 4.69) is 55.1 Å². The smallest absolute Gasteiger partial charge is 0.319 e. The van der Waals surface area contributed by atoms with Gasteiger partial charge in [0.2, 0.25) is 0 Å². The van der Waals surface area contributed by atoms with Crippen LogP contribution in [-0.4, -0.2) is 134 Å². The highest BCUT2D eigenvalue weighted by atomic mass is 19.1. The van der Waals surface area contributed by atoms with Crippen molar-refractivity contribution in [1.82, 2.24) is 39.9 Å². The molecular formula is C56H63F2N9O4. The number of hydrogen-bond acceptors (Lipinski definition) is 12. The van der Waals surface area contributed by atoms with Crippen LogP contribution in [0.15, 0.2) is 72.9 Å². The second-order valence-electron chi connectivity index (χ2n) is 21.6. The fourth-order valence-corrected chi connectivity index (χ4v) is 12.6. The van der Waals surface area contributed by atoms with E-state index >= 15 is 8.78 Å². The first-order valence-corrected chi connectivity index (χ1v) is 25.7. The molecule has 1 aliphatic carbocycles. The molecule has 4 saturated heterocycles. The predicted octanol–water partition coefficient (Wildman–Crippen LogP) is 8.05. The highest BCUT2D eigenvalue weighted by Gasteiger charge is 2.46. The number of carbonyl (C=O) groups excluding carboxylic acids is 1. The summed E-state index contributed by atoms with van der Waals surface area (Å²) in [7, 11) is 2.18. The first-order chi connectivity index (χ1) is 34.4. The van der Waals surface area contributed by atoms with Gasteiger partial charge in [0.05, 0.1) is 10.9 Å². The van der Waals surface area contributed by atoms with Crippen molar-refractivity contribution < 1.29 is 28.5 Å². The molecule has 5 aliphatic heterocycles. The zero-order valence-corrected chi connectivity index (χ0v) is 40.8. The first-order valence-electron chi connectivity index (χ1n) is 25.7. The summed E-state index contributed by atoms with van der Waals surface area (Å²) in [6.45, 7) is 12.5. The minimum atomic E-state index is -0.610. The van der Waals surface area contributed by atoms with Crippen molar-refractivity contribution in [2.24, 2.45) is 11.8 Å². The monoisotopic (exact) mass is 963 g/mol. The molecule has 0 spiro atoms. The van der Waals surface area contributed by atoms with Gasteiger partial charge in [-0.3, -0.25) is 24.5 Å². The van der Waals surface area contributed by atoms with Gasteiger partial charge < -0.3 is 30.1 Å². The number of nitrogens with zero attached hydrogens (tertiary/aromatic N) is 8. The van der Waals surface area contributed by atoms with Gasteiger partial charge in [-0.05, 0) is 96.7 Å². The van der Waals surface area contributed by atoms with E-state index in [4.69, 9.17) is 14.7 Å². The molecule has 6 aromatic rings. The number of halogens is 2. The van der Waals surface area contributed by atoms with E-state index in [-0.39, 0.29) is 52.2 Å². The number of piperazine rings is 2. The Kier molecular flexibility index (Phi) is 12.0. The molecule has 12 rings (SSSR count). The zero-order chi connectivity index (χ0) is 48.7. The van der Waals surface area contributed by atoms with E-state index in [0.717, 1.165) is 101 Å². The Balaban J connectivity index is 0.690. The number of benzene rings is 4. The van der Waals surface area contributed by atoms with E-state index in [1.807, 2.05) is 26.0 Å². The molecule has 15 heteroatoms. The molecule has 6 aliphatic rings. The third kappa shape index (κ3) is 8.93. The number of hydrogen-bond donors (Lipinski definition) is 3. The van der Waals surface area contributed by atoms with Crippen LogP contribution in [0.5, 0.6) is 17.5 Å². The van der Waals surface area contributed by atoms with Crippen LogP contribution in [0.1, 0.15) is 84.5 Å². The average molecular weight is 964 g/mol. The Morgan fingerprint density at radius 3 is 2.35 bits per heavy atom. The van der Waals surface area contributed by atoms with E-state index in [0.29, 0.717) is 70.9 Å². The van der Waals surface area contributed by atoms with Gasteiger partial charge in [0.15, 0.2) is 5.82 Å². The van der Waals surface area contributed by atoms with Gasteiger partial charge in [0.25, 0.3) is 5.91 Å². The second-order valence-corrected chi connectivity index (χ2v) is 21.6. The molecule has 3 N–H and O–H groups in total. The van der Waals surface area contributed by atoms with Gasteiger partial charge in [0, 0.05) is 113 Å². The Morgan fingerprint density at radius 2 is 1.58 bits per heavy atom. The Morgan fingerprint density at radius 1 is 0.845 bits per heavy atom. The van der Waals surface area contributed by atoms with Crippen molar-refractivity contribution in [1.29, 1.82) is 0 Å². The maximum absolute atomic E-state index is 17.1. The molecule has 2 bridgehead atoms. The quantitative estimate of drug-likeness (QED) is 0.116. The molecule has 4 unspecified atom stereocenters. The number of rotatable bonds is 11. The van der Waals surface area contributed by atoms with Crippen molar-refractivity contribution in [3.63, 3.8) is 0 Å². The number of likely N-dealkylation sites (N-methyl/N-ethyl adjacent to an activating group) is 1. The molecule has 13 nitrogen and oxygen atoms in total. The number of ether oxygens (including phenoxy) is 1. The molecule has 6 atom stereocenters. The number of likely N-dealkylation sites (tertiary alicyclic amines) is 1. The molecule has 370 valence electrons. The number of nitrogens with one attached hydrogen (secondary N) is 1. The number of carbonyl (C=O) groups is 1. The number of pyridine rings is 1. The standard InChI is InChI=1S/C56H63F2N9O4/c1-32(2)44-22-45(49(69)23-48(44)68)55(70)67-26-35-11-10-33(18-38(35)27-67)25-64-14-16-65(17-15-64)30-41-12-13-42(63(41)3)31-71-56-61-53-46(54(62-56)66-28-39-20-36-19-37(36)21-40(29-66)60-39)24-59-52(51(53)58)43-8-4-6-34-7-5-9-47(57)50(34)43/h4-11,18,22-24,32,36-37,39-42,60,68-69H,12-17,19-21,25-31H2,1-3H3/t36?,37?,39?,40?,41-,42+/m1/s1. The van der Waals surface area contributed by atoms with Crippen molar-refractivity contribution >= 4 is 33.4 Å². The summed E-state index contributed by atoms with van der Waals surface area (Å²) in [4.78, 5) is 39.6. The predicted molar refractivity (Wildman–Crippen MR) is 270 cm³/mol. The Labute approximate surface area is 413 Å². The molecule has 71 heavy (non-hydrogen) atoms. The number of amides is 1. The molecule has 7 heterocycles. The lowest BCUT2D eigenvalue weighted by Gasteiger charge is -2.39. The van der Waals surface area contributed by atoms with Crippen molar-refractivity contribution in [3.05, 3.63) is 112 Å². The van der Waals surface area contributed by atoms with Gasteiger partial charge in [-0.1, -0.05) is 62.4 Å². The van der Waals surface area contributed by atoms with Crippen molar-refractivity contribution in [2.45, 2.75) is 95.7 Å². The van der Waals surface area contributed by atoms with Crippen molar-refractivity contribution in [2.75, 3.05) is 64.4 Å². The number of phenolic OH excluding ortho intramolecular Hbond substituents is 2. The number of aromatic hydroxyl groups is 2. The van der Waals surface area contributed by atoms with Crippen LogP contribution in [0.2, 0.25) is 0 Å². The first kappa shape index (κ1) is 46.1. The minimum Gasteiger partial charge on any atom is -0.508 e. The van der Waals surface area contributed by atoms with Crippen molar-refractivity contribution in [3.8, 4) is 28.8 Å². The molecule has 1 saturated carbocycles. The SMILES string of the molecule is CC(C)c1cc(C(=O)N2Cc3ccc(CN4CCN(C[C@H]5CC[C@@H](COc6nc(N7CC8CC9CC9CC(C7)N8)c7cnc(-c8cccc9cccc(F)c89)c(F)c7n6)N5C)CC4)cc3C2)c(O)cc1O. The maximum Gasteiger partial charge on any atom is 0.319 e. The summed E-state index contributed by atoms with van der Waals surface area (Å²) in [5, 5.41) is 26.3. The van der Waals surface area contributed by atoms with Gasteiger partial charge in [0.1, 0.15) is 41.0 Å². The number of aromatic nitrogens is 3. The molecule has 0 radical (unpaired) electrons. The van der Waals surface area contributed by atoms with Crippen LogP contribution in [0.25, 0.3) is 32.9 Å². The van der Waals surface area contributed by atoms with Crippen LogP contribution in [0.4, 0.5) is 14.6 Å². The molecule has 4 aromatic carbocycles. The summed E-state index contributed by atoms with van der Waals surface area (Å²) in [5.41, 5.74) is 4.91. The third-order valence-electron chi connectivity index (χ3n) is 16.7. The normalized spacial score (nSPS) is 24.7.